The number of hydrogen-bond donors (Lipinski definition) is 1. The number of nitrogens with one attached hydrogen (secondary N) is 1. The van der Waals surface area contributed by atoms with Crippen molar-refractivity contribution >= 4 is 0 Å². The SMILES string of the molecule is CNC(c1cncc(C)c1)c1cc(F)cc(F)c1. The summed E-state index contributed by atoms with van der Waals surface area (Å²) in [5.74, 6) is -1.16. The normalized spacial score (nSPS) is 12.4. The van der Waals surface area contributed by atoms with E-state index in [2.05, 4.69) is 10.3 Å². The molecule has 1 heterocycles. The van der Waals surface area contributed by atoms with Crippen LogP contribution in [0.4, 0.5) is 8.78 Å². The van der Waals surface area contributed by atoms with Crippen molar-refractivity contribution in [3.63, 3.8) is 0 Å². The highest BCUT2D eigenvalue weighted by Gasteiger charge is 2.14. The van der Waals surface area contributed by atoms with Crippen molar-refractivity contribution in [3.8, 4) is 0 Å². The number of pyridine rings is 1. The van der Waals surface area contributed by atoms with E-state index in [4.69, 9.17) is 0 Å². The molecule has 0 bridgehead atoms. The van der Waals surface area contributed by atoms with Crippen LogP contribution >= 0.6 is 0 Å². The maximum absolute atomic E-state index is 13.2. The molecule has 0 radical (unpaired) electrons. The minimum Gasteiger partial charge on any atom is -0.309 e. The van der Waals surface area contributed by atoms with E-state index >= 15 is 0 Å². The zero-order chi connectivity index (χ0) is 13.1. The molecule has 2 rings (SSSR count). The smallest absolute Gasteiger partial charge is 0.126 e. The van der Waals surface area contributed by atoms with Gasteiger partial charge in [0.2, 0.25) is 0 Å². The zero-order valence-corrected chi connectivity index (χ0v) is 10.2. The minimum atomic E-state index is -0.578. The molecular weight excluding hydrogens is 234 g/mol. The maximum Gasteiger partial charge on any atom is 0.126 e. The molecule has 0 saturated carbocycles. The standard InChI is InChI=1S/C14H14F2N2/c1-9-3-11(8-18-7-9)14(17-2)10-4-12(15)6-13(16)5-10/h3-8,14,17H,1-2H3. The topological polar surface area (TPSA) is 24.9 Å². The molecule has 0 aliphatic carbocycles. The highest BCUT2D eigenvalue weighted by Crippen LogP contribution is 2.23. The van der Waals surface area contributed by atoms with Crippen molar-refractivity contribution in [3.05, 3.63) is 65.0 Å². The quantitative estimate of drug-likeness (QED) is 0.903. The number of aromatic nitrogens is 1. The first kappa shape index (κ1) is 12.6. The first-order valence-corrected chi connectivity index (χ1v) is 5.65. The average Bonchev–Trinajstić information content (AvgIpc) is 2.28. The zero-order valence-electron chi connectivity index (χ0n) is 10.2. The summed E-state index contributed by atoms with van der Waals surface area (Å²) in [5, 5.41) is 3.04. The summed E-state index contributed by atoms with van der Waals surface area (Å²) in [6, 6.07) is 5.18. The molecule has 1 N–H and O–H groups in total. The Labute approximate surface area is 105 Å². The number of nitrogens with zero attached hydrogens (tertiary/aromatic N) is 1. The van der Waals surface area contributed by atoms with Crippen molar-refractivity contribution < 1.29 is 8.78 Å². The van der Waals surface area contributed by atoms with Crippen LogP contribution in [0, 0.1) is 18.6 Å². The number of halogens is 2. The third-order valence-electron chi connectivity index (χ3n) is 2.74. The molecule has 0 saturated heterocycles. The molecule has 1 aromatic heterocycles. The Balaban J connectivity index is 2.45. The molecule has 0 amide bonds. The van der Waals surface area contributed by atoms with Crippen molar-refractivity contribution in [1.82, 2.24) is 10.3 Å². The van der Waals surface area contributed by atoms with Gasteiger partial charge in [0.05, 0.1) is 6.04 Å². The van der Waals surface area contributed by atoms with Crippen LogP contribution < -0.4 is 5.32 Å². The molecule has 1 unspecified atom stereocenters. The molecule has 94 valence electrons. The first-order chi connectivity index (χ1) is 8.60. The van der Waals surface area contributed by atoms with Crippen LogP contribution in [0.25, 0.3) is 0 Å². The van der Waals surface area contributed by atoms with Gasteiger partial charge in [-0.3, -0.25) is 4.98 Å². The van der Waals surface area contributed by atoms with Gasteiger partial charge in [0.25, 0.3) is 0 Å². The van der Waals surface area contributed by atoms with Gasteiger partial charge in [0.15, 0.2) is 0 Å². The number of rotatable bonds is 3. The molecule has 0 spiro atoms. The van der Waals surface area contributed by atoms with E-state index in [1.807, 2.05) is 13.0 Å². The van der Waals surface area contributed by atoms with E-state index in [1.54, 1.807) is 19.4 Å². The second-order valence-electron chi connectivity index (χ2n) is 4.22. The largest absolute Gasteiger partial charge is 0.309 e. The molecule has 2 nitrogen and oxygen atoms in total. The summed E-state index contributed by atoms with van der Waals surface area (Å²) in [6.07, 6.45) is 3.43. The van der Waals surface area contributed by atoms with Gasteiger partial charge in [0.1, 0.15) is 11.6 Å². The molecule has 18 heavy (non-hydrogen) atoms. The van der Waals surface area contributed by atoms with E-state index in [0.29, 0.717) is 5.56 Å². The maximum atomic E-state index is 13.2. The Kier molecular flexibility index (Phi) is 3.67. The third-order valence-corrected chi connectivity index (χ3v) is 2.74. The molecule has 4 heteroatoms. The molecule has 1 atom stereocenters. The average molecular weight is 248 g/mol. The van der Waals surface area contributed by atoms with E-state index < -0.39 is 11.6 Å². The van der Waals surface area contributed by atoms with Crippen LogP contribution in [0.2, 0.25) is 0 Å². The predicted molar refractivity (Wildman–Crippen MR) is 66.2 cm³/mol. The summed E-state index contributed by atoms with van der Waals surface area (Å²) in [6.45, 7) is 1.93. The van der Waals surface area contributed by atoms with E-state index in [9.17, 15) is 8.78 Å². The molecule has 1 aromatic carbocycles. The van der Waals surface area contributed by atoms with Crippen LogP contribution in [-0.4, -0.2) is 12.0 Å². The monoisotopic (exact) mass is 248 g/mol. The Morgan fingerprint density at radius 3 is 2.22 bits per heavy atom. The van der Waals surface area contributed by atoms with E-state index in [1.165, 1.54) is 12.1 Å². The van der Waals surface area contributed by atoms with Crippen LogP contribution in [0.1, 0.15) is 22.7 Å². The van der Waals surface area contributed by atoms with Gasteiger partial charge >= 0.3 is 0 Å². The fourth-order valence-electron chi connectivity index (χ4n) is 2.00. The summed E-state index contributed by atoms with van der Waals surface area (Å²) >= 11 is 0. The van der Waals surface area contributed by atoms with Gasteiger partial charge in [-0.1, -0.05) is 6.07 Å². The van der Waals surface area contributed by atoms with Gasteiger partial charge in [-0.05, 0) is 42.8 Å². The van der Waals surface area contributed by atoms with Crippen LogP contribution in [-0.2, 0) is 0 Å². The van der Waals surface area contributed by atoms with Crippen LogP contribution in [0.3, 0.4) is 0 Å². The van der Waals surface area contributed by atoms with Crippen molar-refractivity contribution in [2.45, 2.75) is 13.0 Å². The second kappa shape index (κ2) is 5.23. The Morgan fingerprint density at radius 2 is 1.67 bits per heavy atom. The predicted octanol–water partition coefficient (Wildman–Crippen LogP) is 2.98. The lowest BCUT2D eigenvalue weighted by Crippen LogP contribution is -2.18. The number of benzene rings is 1. The molecular formula is C14H14F2N2. The van der Waals surface area contributed by atoms with E-state index in [-0.39, 0.29) is 6.04 Å². The van der Waals surface area contributed by atoms with Gasteiger partial charge < -0.3 is 5.32 Å². The molecule has 0 aliphatic heterocycles. The molecule has 0 fully saturated rings. The summed E-state index contributed by atoms with van der Waals surface area (Å²) in [4.78, 5) is 4.10. The fourth-order valence-corrected chi connectivity index (χ4v) is 2.00. The number of aryl methyl sites for hydroxylation is 1. The molecule has 0 aliphatic rings. The summed E-state index contributed by atoms with van der Waals surface area (Å²) in [7, 11) is 1.75. The fraction of sp³-hybridized carbons (Fsp3) is 0.214. The van der Waals surface area contributed by atoms with Gasteiger partial charge in [-0.25, -0.2) is 8.78 Å². The van der Waals surface area contributed by atoms with Crippen LogP contribution in [0.15, 0.2) is 36.7 Å². The van der Waals surface area contributed by atoms with Gasteiger partial charge in [0, 0.05) is 18.5 Å². The van der Waals surface area contributed by atoms with Gasteiger partial charge in [-0.15, -0.1) is 0 Å². The third kappa shape index (κ3) is 2.71. The lowest BCUT2D eigenvalue weighted by atomic mass is 9.99. The highest BCUT2D eigenvalue weighted by molar-refractivity contribution is 5.32. The Bertz CT molecular complexity index is 535. The minimum absolute atomic E-state index is 0.275. The first-order valence-electron chi connectivity index (χ1n) is 5.65. The Hall–Kier alpha value is -1.81. The van der Waals surface area contributed by atoms with Crippen molar-refractivity contribution in [2.75, 3.05) is 7.05 Å². The van der Waals surface area contributed by atoms with Crippen LogP contribution in [0.5, 0.6) is 0 Å². The Morgan fingerprint density at radius 1 is 1.00 bits per heavy atom. The van der Waals surface area contributed by atoms with Crippen molar-refractivity contribution in [2.24, 2.45) is 0 Å². The highest BCUT2D eigenvalue weighted by atomic mass is 19.1. The molecule has 2 aromatic rings. The lowest BCUT2D eigenvalue weighted by molar-refractivity contribution is 0.571. The van der Waals surface area contributed by atoms with Gasteiger partial charge in [-0.2, -0.15) is 0 Å². The number of hydrogen-bond acceptors (Lipinski definition) is 2. The lowest BCUT2D eigenvalue weighted by Gasteiger charge is -2.17. The van der Waals surface area contributed by atoms with Crippen molar-refractivity contribution in [1.29, 1.82) is 0 Å². The summed E-state index contributed by atoms with van der Waals surface area (Å²) < 4.78 is 26.5. The second-order valence-corrected chi connectivity index (χ2v) is 4.22. The van der Waals surface area contributed by atoms with E-state index in [0.717, 1.165) is 17.2 Å². The summed E-state index contributed by atoms with van der Waals surface area (Å²) in [5.41, 5.74) is 2.43.